The van der Waals surface area contributed by atoms with Gasteiger partial charge < -0.3 is 9.13 Å². The quantitative estimate of drug-likeness (QED) is 0.178. The Hall–Kier alpha value is -7.11. The van der Waals surface area contributed by atoms with Gasteiger partial charge in [-0.3, -0.25) is 0 Å². The highest BCUT2D eigenvalue weighted by molar-refractivity contribution is 6.18. The highest BCUT2D eigenvalue weighted by Crippen LogP contribution is 2.38. The lowest BCUT2D eigenvalue weighted by atomic mass is 10.0. The van der Waals surface area contributed by atoms with E-state index in [1.54, 1.807) is 0 Å². The summed E-state index contributed by atoms with van der Waals surface area (Å²) in [6, 6.07) is 63.5. The molecule has 3 aromatic heterocycles. The molecule has 244 valence electrons. The van der Waals surface area contributed by atoms with Gasteiger partial charge in [-0.2, -0.15) is 0 Å². The van der Waals surface area contributed by atoms with E-state index < -0.39 is 0 Å². The minimum absolute atomic E-state index is 0.642. The summed E-state index contributed by atoms with van der Waals surface area (Å²) in [5.74, 6) is 1.95. The Bertz CT molecular complexity index is 2810. The van der Waals surface area contributed by atoms with Crippen molar-refractivity contribution in [1.82, 2.24) is 24.1 Å². The normalized spacial score (nSPS) is 11.5. The lowest BCUT2D eigenvalue weighted by Crippen LogP contribution is -2.00. The van der Waals surface area contributed by atoms with Crippen molar-refractivity contribution in [3.63, 3.8) is 0 Å². The van der Waals surface area contributed by atoms with E-state index in [0.717, 1.165) is 39.2 Å². The minimum atomic E-state index is 0.642. The second-order valence-electron chi connectivity index (χ2n) is 12.9. The predicted molar refractivity (Wildman–Crippen MR) is 213 cm³/mol. The first-order chi connectivity index (χ1) is 25.8. The molecule has 3 heterocycles. The maximum Gasteiger partial charge on any atom is 0.164 e. The predicted octanol–water partition coefficient (Wildman–Crippen LogP) is 11.6. The summed E-state index contributed by atoms with van der Waals surface area (Å²) in [7, 11) is 0. The van der Waals surface area contributed by atoms with E-state index in [1.165, 1.54) is 32.7 Å². The van der Waals surface area contributed by atoms with Crippen LogP contribution in [0.15, 0.2) is 188 Å². The molecule has 10 aromatic rings. The molecule has 5 heteroatoms. The number of nitrogens with zero attached hydrogens (tertiary/aromatic N) is 5. The molecule has 0 radical (unpaired) electrons. The molecule has 0 atom stereocenters. The molecule has 0 unspecified atom stereocenters. The fraction of sp³-hybridized carbons (Fsp3) is 0. The van der Waals surface area contributed by atoms with Gasteiger partial charge in [0.15, 0.2) is 17.5 Å². The van der Waals surface area contributed by atoms with Gasteiger partial charge in [0.05, 0.1) is 16.6 Å². The van der Waals surface area contributed by atoms with Crippen LogP contribution in [0.25, 0.3) is 89.4 Å². The van der Waals surface area contributed by atoms with Crippen molar-refractivity contribution >= 4 is 32.7 Å². The number of benzene rings is 7. The molecule has 0 saturated carbocycles. The molecule has 5 nitrogen and oxygen atoms in total. The van der Waals surface area contributed by atoms with Crippen molar-refractivity contribution in [2.24, 2.45) is 0 Å². The Labute approximate surface area is 300 Å². The Kier molecular flexibility index (Phi) is 7.07. The fourth-order valence-electron chi connectivity index (χ4n) is 7.32. The number of rotatable bonds is 6. The molecule has 0 aliphatic heterocycles. The highest BCUT2D eigenvalue weighted by atomic mass is 15.0. The summed E-state index contributed by atoms with van der Waals surface area (Å²) in [4.78, 5) is 14.7. The minimum Gasteiger partial charge on any atom is -0.315 e. The molecule has 0 amide bonds. The van der Waals surface area contributed by atoms with Gasteiger partial charge in [0.1, 0.15) is 0 Å². The second kappa shape index (κ2) is 12.3. The van der Waals surface area contributed by atoms with Crippen molar-refractivity contribution < 1.29 is 0 Å². The van der Waals surface area contributed by atoms with Crippen LogP contribution in [-0.2, 0) is 0 Å². The monoisotopic (exact) mass is 665 g/mol. The van der Waals surface area contributed by atoms with Crippen molar-refractivity contribution in [1.29, 1.82) is 0 Å². The largest absolute Gasteiger partial charge is 0.315 e. The average Bonchev–Trinajstić information content (AvgIpc) is 3.81. The number of fused-ring (bicyclic) bond motifs is 5. The van der Waals surface area contributed by atoms with Crippen LogP contribution in [0.5, 0.6) is 0 Å². The van der Waals surface area contributed by atoms with Gasteiger partial charge in [0.2, 0.25) is 0 Å². The Balaban J connectivity index is 1.09. The van der Waals surface area contributed by atoms with Gasteiger partial charge in [0, 0.05) is 50.4 Å². The van der Waals surface area contributed by atoms with Gasteiger partial charge in [0.25, 0.3) is 0 Å². The summed E-state index contributed by atoms with van der Waals surface area (Å²) in [5, 5.41) is 3.67. The summed E-state index contributed by atoms with van der Waals surface area (Å²) in [6.45, 7) is 0. The van der Waals surface area contributed by atoms with E-state index in [2.05, 4.69) is 137 Å². The molecule has 0 N–H and O–H groups in total. The van der Waals surface area contributed by atoms with Crippen LogP contribution in [-0.4, -0.2) is 24.1 Å². The van der Waals surface area contributed by atoms with E-state index in [9.17, 15) is 0 Å². The number of hydrogen-bond donors (Lipinski definition) is 0. The van der Waals surface area contributed by atoms with Gasteiger partial charge in [-0.05, 0) is 47.5 Å². The van der Waals surface area contributed by atoms with Gasteiger partial charge >= 0.3 is 0 Å². The third-order valence-electron chi connectivity index (χ3n) is 9.80. The molecule has 0 fully saturated rings. The molecule has 10 rings (SSSR count). The van der Waals surface area contributed by atoms with E-state index in [0.29, 0.717) is 17.5 Å². The second-order valence-corrected chi connectivity index (χ2v) is 12.9. The van der Waals surface area contributed by atoms with Crippen molar-refractivity contribution in [3.8, 4) is 56.7 Å². The Morgan fingerprint density at radius 1 is 0.346 bits per heavy atom. The zero-order valence-corrected chi connectivity index (χ0v) is 28.1. The van der Waals surface area contributed by atoms with Crippen LogP contribution in [0.3, 0.4) is 0 Å². The van der Waals surface area contributed by atoms with Crippen molar-refractivity contribution in [2.45, 2.75) is 0 Å². The molecule has 7 aromatic carbocycles. The van der Waals surface area contributed by atoms with E-state index in [1.807, 2.05) is 60.7 Å². The van der Waals surface area contributed by atoms with Crippen molar-refractivity contribution in [3.05, 3.63) is 188 Å². The zero-order valence-electron chi connectivity index (χ0n) is 28.1. The van der Waals surface area contributed by atoms with E-state index >= 15 is 0 Å². The van der Waals surface area contributed by atoms with Crippen LogP contribution in [0.4, 0.5) is 0 Å². The molecule has 0 aliphatic rings. The molecule has 0 saturated heterocycles. The van der Waals surface area contributed by atoms with E-state index in [4.69, 9.17) is 15.0 Å². The Morgan fingerprint density at radius 3 is 1.56 bits per heavy atom. The van der Waals surface area contributed by atoms with Crippen LogP contribution in [0, 0.1) is 0 Å². The highest BCUT2D eigenvalue weighted by Gasteiger charge is 2.18. The molecule has 0 bridgehead atoms. The van der Waals surface area contributed by atoms with Crippen molar-refractivity contribution in [2.75, 3.05) is 0 Å². The van der Waals surface area contributed by atoms with Crippen LogP contribution in [0.1, 0.15) is 0 Å². The fourth-order valence-corrected chi connectivity index (χ4v) is 7.32. The van der Waals surface area contributed by atoms with E-state index in [-0.39, 0.29) is 0 Å². The van der Waals surface area contributed by atoms with Gasteiger partial charge in [-0.25, -0.2) is 15.0 Å². The number of para-hydroxylation sites is 2. The number of aromatic nitrogens is 5. The smallest absolute Gasteiger partial charge is 0.164 e. The maximum atomic E-state index is 4.93. The van der Waals surface area contributed by atoms with Crippen LogP contribution < -0.4 is 0 Å². The first kappa shape index (κ1) is 29.8. The third-order valence-corrected chi connectivity index (χ3v) is 9.80. The number of hydrogen-bond acceptors (Lipinski definition) is 3. The molecular formula is C47H31N5. The lowest BCUT2D eigenvalue weighted by Gasteiger charge is -2.13. The summed E-state index contributed by atoms with van der Waals surface area (Å²) >= 11 is 0. The standard InChI is InChI=1S/C47H31N5/c1-4-13-34(14-5-1)45-48-46(35-15-6-2-7-16-35)50-47(49-45)36-25-23-32(24-26-36)37-17-12-20-39(31-37)52-42-22-11-10-21-40(42)41-28-27-33-29-30-51(43(33)44(41)52)38-18-8-3-9-19-38/h1-31H. The Morgan fingerprint density at radius 2 is 0.885 bits per heavy atom. The third kappa shape index (κ3) is 5.07. The summed E-state index contributed by atoms with van der Waals surface area (Å²) in [5.41, 5.74) is 10.9. The maximum absolute atomic E-state index is 4.93. The summed E-state index contributed by atoms with van der Waals surface area (Å²) < 4.78 is 4.73. The molecule has 0 spiro atoms. The van der Waals surface area contributed by atoms with Crippen LogP contribution >= 0.6 is 0 Å². The lowest BCUT2D eigenvalue weighted by molar-refractivity contribution is 1.07. The molecular weight excluding hydrogens is 635 g/mol. The van der Waals surface area contributed by atoms with Crippen LogP contribution in [0.2, 0.25) is 0 Å². The first-order valence-electron chi connectivity index (χ1n) is 17.5. The zero-order chi connectivity index (χ0) is 34.4. The molecule has 0 aliphatic carbocycles. The first-order valence-corrected chi connectivity index (χ1v) is 17.5. The SMILES string of the molecule is c1ccc(-c2nc(-c3ccccc3)nc(-c3ccc(-c4cccc(-n5c6ccccc6c6ccc7ccn(-c8ccccc8)c7c65)c4)cc3)n2)cc1. The van der Waals surface area contributed by atoms with Gasteiger partial charge in [-0.15, -0.1) is 0 Å². The summed E-state index contributed by atoms with van der Waals surface area (Å²) in [6.07, 6.45) is 2.18. The average molecular weight is 666 g/mol. The van der Waals surface area contributed by atoms with Gasteiger partial charge in [-0.1, -0.05) is 146 Å². The molecule has 52 heavy (non-hydrogen) atoms. The topological polar surface area (TPSA) is 48.5 Å².